The lowest BCUT2D eigenvalue weighted by atomic mass is 9.81. The molecule has 1 aromatic carbocycles. The zero-order valence-corrected chi connectivity index (χ0v) is 16.1. The molecule has 3 aliphatic rings. The Labute approximate surface area is 163 Å². The molecular weight excluding hydrogens is 360 g/mol. The van der Waals surface area contributed by atoms with Crippen molar-refractivity contribution in [3.05, 3.63) is 29.3 Å². The van der Waals surface area contributed by atoms with Crippen molar-refractivity contribution in [1.82, 2.24) is 4.90 Å². The predicted molar refractivity (Wildman–Crippen MR) is 100 cm³/mol. The topological polar surface area (TPSA) is 92.8 Å². The third-order valence-corrected chi connectivity index (χ3v) is 6.34. The smallest absolute Gasteiger partial charge is 0.326 e. The van der Waals surface area contributed by atoms with Crippen LogP contribution in [0.5, 0.6) is 0 Å². The number of nitrogens with one attached hydrogen (secondary N) is 1. The molecule has 1 N–H and O–H groups in total. The fraction of sp³-hybridized carbons (Fsp3) is 0.524. The van der Waals surface area contributed by atoms with Crippen LogP contribution >= 0.6 is 0 Å². The van der Waals surface area contributed by atoms with E-state index in [0.717, 1.165) is 35.3 Å². The Morgan fingerprint density at radius 2 is 1.75 bits per heavy atom. The molecule has 1 aliphatic heterocycles. The minimum Gasteiger partial charge on any atom is -0.454 e. The summed E-state index contributed by atoms with van der Waals surface area (Å²) in [5, 5.41) is 2.71. The number of aryl methyl sites for hydroxylation is 2. The number of carbonyl (C=O) groups is 4. The van der Waals surface area contributed by atoms with Crippen molar-refractivity contribution in [3.63, 3.8) is 0 Å². The number of likely N-dealkylation sites (tertiary alicyclic amines) is 1. The third kappa shape index (κ3) is 3.19. The molecule has 1 heterocycles. The second-order valence-corrected chi connectivity index (χ2v) is 8.17. The van der Waals surface area contributed by atoms with Gasteiger partial charge in [-0.05, 0) is 62.1 Å². The highest BCUT2D eigenvalue weighted by Crippen LogP contribution is 2.56. The fourth-order valence-electron chi connectivity index (χ4n) is 5.00. The lowest BCUT2D eigenvalue weighted by molar-refractivity contribution is -0.154. The Balaban J connectivity index is 1.30. The van der Waals surface area contributed by atoms with Gasteiger partial charge in [0.2, 0.25) is 11.8 Å². The van der Waals surface area contributed by atoms with E-state index in [1.165, 1.54) is 0 Å². The number of anilines is 1. The van der Waals surface area contributed by atoms with Crippen LogP contribution in [0.3, 0.4) is 0 Å². The van der Waals surface area contributed by atoms with Gasteiger partial charge in [-0.15, -0.1) is 0 Å². The molecule has 2 saturated carbocycles. The predicted octanol–water partition coefficient (Wildman–Crippen LogP) is 1.82. The number of benzene rings is 1. The summed E-state index contributed by atoms with van der Waals surface area (Å²) in [6.45, 7) is 2.91. The molecule has 148 valence electrons. The highest BCUT2D eigenvalue weighted by Gasteiger charge is 2.61. The molecule has 2 aliphatic carbocycles. The van der Waals surface area contributed by atoms with E-state index in [9.17, 15) is 19.2 Å². The summed E-state index contributed by atoms with van der Waals surface area (Å²) in [4.78, 5) is 50.4. The highest BCUT2D eigenvalue weighted by molar-refractivity contribution is 6.08. The first-order valence-corrected chi connectivity index (χ1v) is 9.73. The van der Waals surface area contributed by atoms with Crippen LogP contribution in [0.1, 0.15) is 30.4 Å². The summed E-state index contributed by atoms with van der Waals surface area (Å²) < 4.78 is 5.00. The molecule has 28 heavy (non-hydrogen) atoms. The normalized spacial score (nSPS) is 27.9. The van der Waals surface area contributed by atoms with Crippen molar-refractivity contribution in [2.45, 2.75) is 33.1 Å². The maximum absolute atomic E-state index is 12.6. The maximum atomic E-state index is 12.6. The van der Waals surface area contributed by atoms with Crippen LogP contribution in [0.25, 0.3) is 0 Å². The van der Waals surface area contributed by atoms with Crippen molar-refractivity contribution < 1.29 is 23.9 Å². The van der Waals surface area contributed by atoms with Crippen molar-refractivity contribution >= 4 is 29.4 Å². The van der Waals surface area contributed by atoms with Gasteiger partial charge in [-0.1, -0.05) is 12.1 Å². The second kappa shape index (κ2) is 7.04. The molecule has 1 saturated heterocycles. The summed E-state index contributed by atoms with van der Waals surface area (Å²) >= 11 is 0. The van der Waals surface area contributed by atoms with Crippen LogP contribution in [-0.4, -0.2) is 41.7 Å². The van der Waals surface area contributed by atoms with Gasteiger partial charge in [-0.2, -0.15) is 0 Å². The van der Waals surface area contributed by atoms with Gasteiger partial charge in [0.1, 0.15) is 6.54 Å². The molecule has 0 aromatic heterocycles. The average molecular weight is 384 g/mol. The molecule has 7 nitrogen and oxygen atoms in total. The number of hydrogen-bond donors (Lipinski definition) is 1. The van der Waals surface area contributed by atoms with Crippen molar-refractivity contribution in [1.29, 1.82) is 0 Å². The minimum atomic E-state index is -0.745. The second-order valence-electron chi connectivity index (χ2n) is 8.17. The van der Waals surface area contributed by atoms with Crippen LogP contribution in [0.15, 0.2) is 18.2 Å². The Morgan fingerprint density at radius 3 is 2.39 bits per heavy atom. The number of amides is 3. The SMILES string of the molecule is Cc1ccc(C)c(NC(=O)COC(=O)CN2C(=O)[C@H]3[C@@H]4CC[C@@H](C4)[C@@H]3C2=O)c1. The number of fused-ring (bicyclic) bond motifs is 5. The van der Waals surface area contributed by atoms with E-state index in [1.807, 2.05) is 32.0 Å². The molecule has 7 heteroatoms. The molecule has 1 aromatic rings. The first-order chi connectivity index (χ1) is 13.3. The molecule has 0 unspecified atom stereocenters. The van der Waals surface area contributed by atoms with Crippen molar-refractivity contribution in [2.75, 3.05) is 18.5 Å². The number of ether oxygens (including phenoxy) is 1. The van der Waals surface area contributed by atoms with E-state index >= 15 is 0 Å². The van der Waals surface area contributed by atoms with Gasteiger partial charge < -0.3 is 10.1 Å². The van der Waals surface area contributed by atoms with Crippen LogP contribution in [0, 0.1) is 37.5 Å². The van der Waals surface area contributed by atoms with Crippen molar-refractivity contribution in [2.24, 2.45) is 23.7 Å². The Morgan fingerprint density at radius 1 is 1.11 bits per heavy atom. The van der Waals surface area contributed by atoms with E-state index in [1.54, 1.807) is 0 Å². The number of imide groups is 1. The number of esters is 1. The molecular formula is C21H24N2O5. The minimum absolute atomic E-state index is 0.251. The van der Waals surface area contributed by atoms with Gasteiger partial charge in [0, 0.05) is 5.69 Å². The summed E-state index contributed by atoms with van der Waals surface area (Å²) in [5.41, 5.74) is 2.57. The molecule has 4 atom stereocenters. The zero-order chi connectivity index (χ0) is 20.0. The largest absolute Gasteiger partial charge is 0.454 e. The number of nitrogens with zero attached hydrogens (tertiary/aromatic N) is 1. The number of hydrogen-bond acceptors (Lipinski definition) is 5. The Hall–Kier alpha value is -2.70. The lowest BCUT2D eigenvalue weighted by Gasteiger charge is -2.19. The summed E-state index contributed by atoms with van der Waals surface area (Å²) in [5.74, 6) is -1.68. The molecule has 0 radical (unpaired) electrons. The number of rotatable bonds is 5. The highest BCUT2D eigenvalue weighted by atomic mass is 16.5. The van der Waals surface area contributed by atoms with Crippen LogP contribution in [-0.2, 0) is 23.9 Å². The summed E-state index contributed by atoms with van der Waals surface area (Å²) in [6, 6.07) is 5.67. The van der Waals surface area contributed by atoms with Crippen molar-refractivity contribution in [3.8, 4) is 0 Å². The molecule has 4 rings (SSSR count). The van der Waals surface area contributed by atoms with Gasteiger partial charge in [0.25, 0.3) is 5.91 Å². The number of carbonyl (C=O) groups excluding carboxylic acids is 4. The Kier molecular flexibility index (Phi) is 4.69. The average Bonchev–Trinajstić information content (AvgIpc) is 3.33. The quantitative estimate of drug-likeness (QED) is 0.617. The van der Waals surface area contributed by atoms with Gasteiger partial charge in [0.15, 0.2) is 6.61 Å². The van der Waals surface area contributed by atoms with Gasteiger partial charge in [0.05, 0.1) is 11.8 Å². The van der Waals surface area contributed by atoms with Gasteiger partial charge in [-0.25, -0.2) is 0 Å². The molecule has 0 spiro atoms. The molecule has 3 fully saturated rings. The first kappa shape index (κ1) is 18.7. The summed E-state index contributed by atoms with van der Waals surface area (Å²) in [6.07, 6.45) is 2.92. The molecule has 3 amide bonds. The first-order valence-electron chi connectivity index (χ1n) is 9.73. The zero-order valence-electron chi connectivity index (χ0n) is 16.1. The van der Waals surface area contributed by atoms with E-state index in [0.29, 0.717) is 5.69 Å². The molecule has 2 bridgehead atoms. The van der Waals surface area contributed by atoms with E-state index in [2.05, 4.69) is 5.32 Å². The van der Waals surface area contributed by atoms with E-state index in [4.69, 9.17) is 4.74 Å². The van der Waals surface area contributed by atoms with E-state index in [-0.39, 0.29) is 35.5 Å². The van der Waals surface area contributed by atoms with Crippen LogP contribution in [0.2, 0.25) is 0 Å². The Bertz CT molecular complexity index is 836. The van der Waals surface area contributed by atoms with Crippen LogP contribution in [0.4, 0.5) is 5.69 Å². The van der Waals surface area contributed by atoms with Crippen LogP contribution < -0.4 is 5.32 Å². The maximum Gasteiger partial charge on any atom is 0.326 e. The lowest BCUT2D eigenvalue weighted by Crippen LogP contribution is -2.38. The van der Waals surface area contributed by atoms with Gasteiger partial charge >= 0.3 is 5.97 Å². The standard InChI is InChI=1S/C21H24N2O5/c1-11-3-4-12(2)15(7-11)22-16(24)10-28-17(25)9-23-20(26)18-13-5-6-14(8-13)19(18)21(23)27/h3-4,7,13-14,18-19H,5-6,8-10H2,1-2H3,(H,22,24)/t13-,14+,18-,19-/m0/s1. The third-order valence-electron chi connectivity index (χ3n) is 6.34. The van der Waals surface area contributed by atoms with Gasteiger partial charge in [-0.3, -0.25) is 24.1 Å². The summed E-state index contributed by atoms with van der Waals surface area (Å²) in [7, 11) is 0. The fourth-order valence-corrected chi connectivity index (χ4v) is 5.00. The van der Waals surface area contributed by atoms with E-state index < -0.39 is 25.0 Å². The monoisotopic (exact) mass is 384 g/mol.